The van der Waals surface area contributed by atoms with E-state index in [0.717, 1.165) is 11.1 Å². The first-order chi connectivity index (χ1) is 27.4. The SMILES string of the molecule is CC(C)CCc1c(F)c(Br)c2c(c1OCc1ccccc1)C(O)=C1C(=O)[C@]3(O[Si](C)(C)C(C)(C)C)C(=O)c4c(OCc5ccccc5)noc4[C@@H](N(C)C)[C@@H]3C[C@@H]1C2. The van der Waals surface area contributed by atoms with Crippen LogP contribution >= 0.6 is 15.9 Å². The molecule has 3 aromatic carbocycles. The predicted molar refractivity (Wildman–Crippen MR) is 227 cm³/mol. The summed E-state index contributed by atoms with van der Waals surface area (Å²) in [6.07, 6.45) is 1.51. The van der Waals surface area contributed by atoms with Crippen molar-refractivity contribution < 1.29 is 37.5 Å². The van der Waals surface area contributed by atoms with E-state index in [1.165, 1.54) is 0 Å². The standard InChI is InChI=1S/C46H54BrFN2O7Si/c1-26(2)20-21-30-37(48)36(47)31-22-29-23-32-38(50(6)7)41-35(44(49-56-41)55-25-28-18-14-11-15-19-28)43(53)46(32,57-58(8,9)45(3,4)5)42(52)33(29)39(51)34(31)40(30)54-24-27-16-12-10-13-17-27/h10-19,26,29,32,38,51H,20-25H2,1-9H3/t29-,32-,38-,46-/m0/s1. The molecule has 7 rings (SSSR count). The van der Waals surface area contributed by atoms with Gasteiger partial charge in [-0.05, 0) is 108 Å². The predicted octanol–water partition coefficient (Wildman–Crippen LogP) is 10.6. The zero-order chi connectivity index (χ0) is 41.9. The number of halogens is 2. The summed E-state index contributed by atoms with van der Waals surface area (Å²) in [6, 6.07) is 18.4. The molecule has 0 amide bonds. The number of hydrogen-bond acceptors (Lipinski definition) is 9. The molecule has 4 aromatic rings. The van der Waals surface area contributed by atoms with Crippen LogP contribution in [-0.4, -0.2) is 54.7 Å². The molecule has 1 heterocycles. The van der Waals surface area contributed by atoms with Crippen molar-refractivity contribution in [2.45, 2.75) is 103 Å². The van der Waals surface area contributed by atoms with Crippen molar-refractivity contribution in [2.24, 2.45) is 17.8 Å². The van der Waals surface area contributed by atoms with Crippen LogP contribution in [0.3, 0.4) is 0 Å². The zero-order valence-electron chi connectivity index (χ0n) is 34.9. The van der Waals surface area contributed by atoms with Gasteiger partial charge in [0.1, 0.15) is 36.1 Å². The number of ketones is 2. The Morgan fingerprint density at radius 1 is 0.983 bits per heavy atom. The first kappa shape index (κ1) is 42.0. The lowest BCUT2D eigenvalue weighted by atomic mass is 9.57. The Bertz CT molecular complexity index is 2250. The summed E-state index contributed by atoms with van der Waals surface area (Å²) < 4.78 is 42.9. The molecule has 9 nitrogen and oxygen atoms in total. The Kier molecular flexibility index (Phi) is 11.5. The van der Waals surface area contributed by atoms with Gasteiger partial charge < -0.3 is 23.5 Å². The normalized spacial score (nSPS) is 21.8. The largest absolute Gasteiger partial charge is 0.507 e. The number of aromatic nitrogens is 1. The number of nitrogens with zero attached hydrogens (tertiary/aromatic N) is 2. The molecule has 58 heavy (non-hydrogen) atoms. The Morgan fingerprint density at radius 3 is 2.16 bits per heavy atom. The van der Waals surface area contributed by atoms with Gasteiger partial charge >= 0.3 is 0 Å². The lowest BCUT2D eigenvalue weighted by Crippen LogP contribution is -2.68. The molecule has 0 unspecified atom stereocenters. The van der Waals surface area contributed by atoms with Crippen LogP contribution in [-0.2, 0) is 35.3 Å². The molecular formula is C46H54BrFN2O7Si. The molecule has 1 aromatic heterocycles. The highest BCUT2D eigenvalue weighted by Crippen LogP contribution is 2.60. The molecule has 3 aliphatic carbocycles. The summed E-state index contributed by atoms with van der Waals surface area (Å²) in [7, 11) is 0.804. The van der Waals surface area contributed by atoms with Gasteiger partial charge in [-0.2, -0.15) is 0 Å². The molecule has 308 valence electrons. The molecule has 0 aliphatic heterocycles. The maximum Gasteiger partial charge on any atom is 0.265 e. The van der Waals surface area contributed by atoms with Gasteiger partial charge in [-0.25, -0.2) is 4.39 Å². The summed E-state index contributed by atoms with van der Waals surface area (Å²) in [5, 5.41) is 16.6. The average Bonchev–Trinajstić information content (AvgIpc) is 3.59. The van der Waals surface area contributed by atoms with Crippen molar-refractivity contribution in [1.29, 1.82) is 0 Å². The van der Waals surface area contributed by atoms with Crippen LogP contribution in [0.15, 0.2) is 75.2 Å². The van der Waals surface area contributed by atoms with E-state index in [1.54, 1.807) is 0 Å². The van der Waals surface area contributed by atoms with E-state index in [9.17, 15) is 5.11 Å². The van der Waals surface area contributed by atoms with Gasteiger partial charge in [0, 0.05) is 17.1 Å². The molecule has 1 saturated carbocycles. The number of aliphatic hydroxyl groups excluding tert-OH is 1. The second-order valence-electron chi connectivity index (χ2n) is 18.2. The fraction of sp³-hybridized carbons (Fsp3) is 0.457. The van der Waals surface area contributed by atoms with Crippen LogP contribution in [0.5, 0.6) is 11.6 Å². The molecule has 3 aliphatic rings. The summed E-state index contributed by atoms with van der Waals surface area (Å²) in [6.45, 7) is 14.6. The molecule has 0 bridgehead atoms. The molecule has 4 atom stereocenters. The molecule has 12 heteroatoms. The number of aliphatic hydroxyl groups is 1. The zero-order valence-corrected chi connectivity index (χ0v) is 37.5. The van der Waals surface area contributed by atoms with Crippen LogP contribution in [0.2, 0.25) is 18.1 Å². The first-order valence-electron chi connectivity index (χ1n) is 20.1. The van der Waals surface area contributed by atoms with E-state index in [2.05, 4.69) is 55.7 Å². The van der Waals surface area contributed by atoms with Gasteiger partial charge in [-0.15, -0.1) is 0 Å². The minimum atomic E-state index is -2.94. The number of benzene rings is 3. The fourth-order valence-corrected chi connectivity index (χ4v) is 10.6. The number of carbonyl (C=O) groups excluding carboxylic acids is 2. The van der Waals surface area contributed by atoms with Gasteiger partial charge in [0.25, 0.3) is 5.88 Å². The van der Waals surface area contributed by atoms with E-state index in [1.807, 2.05) is 92.8 Å². The number of ether oxygens (including phenoxy) is 2. The highest BCUT2D eigenvalue weighted by Gasteiger charge is 2.69. The van der Waals surface area contributed by atoms with Crippen molar-refractivity contribution in [3.8, 4) is 11.6 Å². The Balaban J connectivity index is 1.44. The van der Waals surface area contributed by atoms with Crippen molar-refractivity contribution in [1.82, 2.24) is 10.1 Å². The number of hydrogen-bond donors (Lipinski definition) is 1. The van der Waals surface area contributed by atoms with Crippen molar-refractivity contribution >= 4 is 41.6 Å². The van der Waals surface area contributed by atoms with Crippen LogP contribution in [0.25, 0.3) is 5.76 Å². The molecule has 0 radical (unpaired) electrons. The van der Waals surface area contributed by atoms with Crippen LogP contribution in [0.4, 0.5) is 4.39 Å². The molecule has 1 fully saturated rings. The number of carbonyl (C=O) groups is 2. The molecular weight excluding hydrogens is 820 g/mol. The first-order valence-corrected chi connectivity index (χ1v) is 23.8. The Labute approximate surface area is 350 Å². The highest BCUT2D eigenvalue weighted by atomic mass is 79.9. The number of fused-ring (bicyclic) bond motifs is 4. The van der Waals surface area contributed by atoms with Gasteiger partial charge in [0.05, 0.1) is 16.1 Å². The molecule has 0 spiro atoms. The van der Waals surface area contributed by atoms with E-state index in [0.29, 0.717) is 29.7 Å². The summed E-state index contributed by atoms with van der Waals surface area (Å²) in [5.41, 5.74) is 0.959. The third-order valence-electron chi connectivity index (χ3n) is 12.6. The number of rotatable bonds is 12. The van der Waals surface area contributed by atoms with Crippen molar-refractivity contribution in [3.05, 3.63) is 116 Å². The lowest BCUT2D eigenvalue weighted by Gasteiger charge is -2.55. The summed E-state index contributed by atoms with van der Waals surface area (Å²) in [4.78, 5) is 33.4. The number of Topliss-reactive ketones (excluding diaryl/α,β-unsaturated/α-hetero) is 2. The van der Waals surface area contributed by atoms with Crippen LogP contribution in [0.1, 0.15) is 97.4 Å². The quantitative estimate of drug-likeness (QED) is 0.110. The summed E-state index contributed by atoms with van der Waals surface area (Å²) >= 11 is 3.59. The van der Waals surface area contributed by atoms with Gasteiger partial charge in [-0.3, -0.25) is 14.5 Å². The van der Waals surface area contributed by atoms with E-state index < -0.39 is 54.2 Å². The highest BCUT2D eigenvalue weighted by molar-refractivity contribution is 9.10. The fourth-order valence-electron chi connectivity index (χ4n) is 8.59. The molecule has 1 N–H and O–H groups in total. The van der Waals surface area contributed by atoms with Crippen LogP contribution < -0.4 is 9.47 Å². The summed E-state index contributed by atoms with van der Waals surface area (Å²) in [5.74, 6) is -2.50. The smallest absolute Gasteiger partial charge is 0.265 e. The third kappa shape index (κ3) is 7.17. The van der Waals surface area contributed by atoms with Gasteiger partial charge in [0.15, 0.2) is 19.7 Å². The second kappa shape index (κ2) is 15.8. The minimum Gasteiger partial charge on any atom is -0.507 e. The Hall–Kier alpha value is -4.10. The van der Waals surface area contributed by atoms with Crippen LogP contribution in [0, 0.1) is 23.6 Å². The lowest BCUT2D eigenvalue weighted by molar-refractivity contribution is -0.140. The van der Waals surface area contributed by atoms with Gasteiger partial charge in [-0.1, -0.05) is 95.3 Å². The Morgan fingerprint density at radius 2 is 1.59 bits per heavy atom. The minimum absolute atomic E-state index is 0.0136. The van der Waals surface area contributed by atoms with Crippen molar-refractivity contribution in [2.75, 3.05) is 14.1 Å². The second-order valence-corrected chi connectivity index (χ2v) is 23.7. The third-order valence-corrected chi connectivity index (χ3v) is 17.9. The topological polar surface area (TPSA) is 111 Å². The molecule has 0 saturated heterocycles. The van der Waals surface area contributed by atoms with Gasteiger partial charge in [0.2, 0.25) is 11.6 Å². The van der Waals surface area contributed by atoms with E-state index in [4.69, 9.17) is 18.4 Å². The average molecular weight is 874 g/mol. The van der Waals surface area contributed by atoms with E-state index in [-0.39, 0.29) is 70.5 Å². The van der Waals surface area contributed by atoms with E-state index >= 15 is 14.0 Å². The maximum atomic E-state index is 16.6. The maximum absolute atomic E-state index is 16.6. The van der Waals surface area contributed by atoms with Crippen molar-refractivity contribution in [3.63, 3.8) is 0 Å². The monoisotopic (exact) mass is 872 g/mol.